The Morgan fingerprint density at radius 2 is 2.11 bits per heavy atom. The molecular formula is C7H17NSn. The molecule has 0 rings (SSSR count). The van der Waals surface area contributed by atoms with Gasteiger partial charge in [-0.25, -0.2) is 0 Å². The standard InChI is InChI=1S/C6H14N.CH3.Sn/c1-3-4-5-6(2)7;;/h6H,1,3-5,7H2,2H3;1H3;. The summed E-state index contributed by atoms with van der Waals surface area (Å²) in [6.45, 7) is 2.09. The van der Waals surface area contributed by atoms with Gasteiger partial charge >= 0.3 is 68.5 Å². The summed E-state index contributed by atoms with van der Waals surface area (Å²) in [7, 11) is 0. The predicted molar refractivity (Wildman–Crippen MR) is 43.9 cm³/mol. The quantitative estimate of drug-likeness (QED) is 0.568. The molecule has 0 saturated heterocycles. The zero-order valence-electron chi connectivity index (χ0n) is 6.48. The molecule has 0 fully saturated rings. The fraction of sp³-hybridized carbons (Fsp3) is 1.00. The van der Waals surface area contributed by atoms with Crippen molar-refractivity contribution in [1.82, 2.24) is 0 Å². The van der Waals surface area contributed by atoms with E-state index in [0.717, 1.165) is 0 Å². The molecule has 0 aromatic carbocycles. The Bertz CT molecular complexity index is 54.9. The number of hydrogen-bond donors (Lipinski definition) is 1. The van der Waals surface area contributed by atoms with Crippen LogP contribution in [-0.2, 0) is 0 Å². The number of nitrogens with two attached hydrogens (primary N) is 1. The van der Waals surface area contributed by atoms with Crippen molar-refractivity contribution in [3.8, 4) is 0 Å². The molecule has 0 amide bonds. The summed E-state index contributed by atoms with van der Waals surface area (Å²) < 4.78 is 1.54. The average molecular weight is 234 g/mol. The van der Waals surface area contributed by atoms with E-state index >= 15 is 0 Å². The SMILES string of the molecule is [CH3][Sn][CH2]CCCC(C)N. The molecule has 0 aromatic rings. The molecule has 2 heteroatoms. The van der Waals surface area contributed by atoms with Gasteiger partial charge in [0, 0.05) is 0 Å². The second kappa shape index (κ2) is 6.87. The van der Waals surface area contributed by atoms with Crippen LogP contribution < -0.4 is 5.73 Å². The molecule has 2 radical (unpaired) electrons. The molecule has 0 bridgehead atoms. The van der Waals surface area contributed by atoms with Gasteiger partial charge in [-0.05, 0) is 0 Å². The van der Waals surface area contributed by atoms with Crippen LogP contribution in [0.1, 0.15) is 26.2 Å². The van der Waals surface area contributed by atoms with Crippen LogP contribution >= 0.6 is 0 Å². The molecule has 0 heterocycles. The molecule has 0 saturated carbocycles. The van der Waals surface area contributed by atoms with Crippen LogP contribution in [0.15, 0.2) is 0 Å². The van der Waals surface area contributed by atoms with Crippen molar-refractivity contribution in [2.24, 2.45) is 5.73 Å². The van der Waals surface area contributed by atoms with Gasteiger partial charge in [-0.1, -0.05) is 0 Å². The zero-order chi connectivity index (χ0) is 7.11. The first kappa shape index (κ1) is 9.76. The molecule has 1 unspecified atom stereocenters. The van der Waals surface area contributed by atoms with E-state index in [0.29, 0.717) is 6.04 Å². The summed E-state index contributed by atoms with van der Waals surface area (Å²) in [5.41, 5.74) is 5.59. The van der Waals surface area contributed by atoms with Crippen molar-refractivity contribution in [2.45, 2.75) is 41.6 Å². The van der Waals surface area contributed by atoms with Gasteiger partial charge in [0.15, 0.2) is 0 Å². The van der Waals surface area contributed by atoms with Gasteiger partial charge in [0.25, 0.3) is 0 Å². The van der Waals surface area contributed by atoms with E-state index in [1.807, 2.05) is 0 Å². The minimum atomic E-state index is 0.107. The monoisotopic (exact) mass is 235 g/mol. The van der Waals surface area contributed by atoms with Gasteiger partial charge in [0.05, 0.1) is 0 Å². The summed E-state index contributed by atoms with van der Waals surface area (Å²) in [5.74, 6) is 0. The molecule has 0 spiro atoms. The fourth-order valence-corrected chi connectivity index (χ4v) is 2.49. The summed E-state index contributed by atoms with van der Waals surface area (Å²) >= 11 is 0.107. The Morgan fingerprint density at radius 1 is 1.44 bits per heavy atom. The second-order valence-corrected chi connectivity index (χ2v) is 6.02. The Hall–Kier alpha value is 0.759. The van der Waals surface area contributed by atoms with Gasteiger partial charge in [-0.2, -0.15) is 0 Å². The van der Waals surface area contributed by atoms with Crippen molar-refractivity contribution < 1.29 is 0 Å². The summed E-state index contributed by atoms with van der Waals surface area (Å²) in [6.07, 6.45) is 4.01. The summed E-state index contributed by atoms with van der Waals surface area (Å²) in [5, 5.41) is 0. The number of unbranched alkanes of at least 4 members (excludes halogenated alkanes) is 1. The van der Waals surface area contributed by atoms with Crippen molar-refractivity contribution in [3.05, 3.63) is 0 Å². The zero-order valence-corrected chi connectivity index (χ0v) is 9.34. The molecule has 0 aliphatic carbocycles. The maximum absolute atomic E-state index is 5.59. The van der Waals surface area contributed by atoms with E-state index in [9.17, 15) is 0 Å². The molecule has 0 aliphatic heterocycles. The Labute approximate surface area is 68.6 Å². The first-order valence-electron chi connectivity index (χ1n) is 3.67. The van der Waals surface area contributed by atoms with Crippen LogP contribution in [-0.4, -0.2) is 27.2 Å². The van der Waals surface area contributed by atoms with Crippen LogP contribution in [0.25, 0.3) is 0 Å². The number of rotatable bonds is 5. The predicted octanol–water partition coefficient (Wildman–Crippen LogP) is 1.67. The fourth-order valence-electron chi connectivity index (χ4n) is 0.768. The van der Waals surface area contributed by atoms with Crippen LogP contribution in [0.2, 0.25) is 9.38 Å². The van der Waals surface area contributed by atoms with E-state index in [4.69, 9.17) is 5.73 Å². The van der Waals surface area contributed by atoms with Crippen LogP contribution in [0.3, 0.4) is 0 Å². The Kier molecular flexibility index (Phi) is 7.45. The van der Waals surface area contributed by atoms with Crippen molar-refractivity contribution >= 4 is 21.1 Å². The van der Waals surface area contributed by atoms with E-state index < -0.39 is 0 Å². The van der Waals surface area contributed by atoms with Crippen molar-refractivity contribution in [2.75, 3.05) is 0 Å². The first-order valence-corrected chi connectivity index (χ1v) is 8.54. The van der Waals surface area contributed by atoms with Crippen LogP contribution in [0, 0.1) is 0 Å². The number of hydrogen-bond acceptors (Lipinski definition) is 1. The van der Waals surface area contributed by atoms with Gasteiger partial charge < -0.3 is 0 Å². The topological polar surface area (TPSA) is 26.0 Å². The van der Waals surface area contributed by atoms with Crippen molar-refractivity contribution in [3.63, 3.8) is 0 Å². The molecule has 9 heavy (non-hydrogen) atoms. The third kappa shape index (κ3) is 8.76. The van der Waals surface area contributed by atoms with Crippen LogP contribution in [0.5, 0.6) is 0 Å². The average Bonchev–Trinajstić information content (AvgIpc) is 1.80. The molecule has 0 aromatic heterocycles. The van der Waals surface area contributed by atoms with Crippen LogP contribution in [0.4, 0.5) is 0 Å². The van der Waals surface area contributed by atoms with E-state index in [-0.39, 0.29) is 21.1 Å². The third-order valence-electron chi connectivity index (χ3n) is 1.34. The first-order chi connectivity index (χ1) is 4.27. The Balaban J connectivity index is 2.75. The van der Waals surface area contributed by atoms with Gasteiger partial charge in [-0.3, -0.25) is 0 Å². The van der Waals surface area contributed by atoms with Crippen molar-refractivity contribution in [1.29, 1.82) is 0 Å². The van der Waals surface area contributed by atoms with E-state index in [2.05, 4.69) is 11.9 Å². The normalized spacial score (nSPS) is 13.7. The second-order valence-electron chi connectivity index (χ2n) is 2.58. The maximum atomic E-state index is 5.59. The Morgan fingerprint density at radius 3 is 2.56 bits per heavy atom. The molecule has 0 aliphatic rings. The molecule has 54 valence electrons. The molecule has 1 nitrogen and oxygen atoms in total. The summed E-state index contributed by atoms with van der Waals surface area (Å²) in [6, 6.07) is 0.423. The van der Waals surface area contributed by atoms with E-state index in [1.165, 1.54) is 23.7 Å². The molecule has 1 atom stereocenters. The van der Waals surface area contributed by atoms with Gasteiger partial charge in [0.1, 0.15) is 0 Å². The molecular weight excluding hydrogens is 217 g/mol. The summed E-state index contributed by atoms with van der Waals surface area (Å²) in [4.78, 5) is 2.40. The van der Waals surface area contributed by atoms with Gasteiger partial charge in [-0.15, -0.1) is 0 Å². The minimum absolute atomic E-state index is 0.107. The van der Waals surface area contributed by atoms with Gasteiger partial charge in [0.2, 0.25) is 0 Å². The molecule has 2 N–H and O–H groups in total. The van der Waals surface area contributed by atoms with E-state index in [1.54, 1.807) is 0 Å². The third-order valence-corrected chi connectivity index (χ3v) is 3.77.